The van der Waals surface area contributed by atoms with Crippen LogP contribution >= 0.6 is 0 Å². The first kappa shape index (κ1) is 34.7. The summed E-state index contributed by atoms with van der Waals surface area (Å²) in [6.45, 7) is 17.4. The smallest absolute Gasteiger partial charge is 0.314 e. The van der Waals surface area contributed by atoms with Crippen molar-refractivity contribution < 1.29 is 11.0 Å². The second kappa shape index (κ2) is 24.7. The van der Waals surface area contributed by atoms with Crippen molar-refractivity contribution in [2.45, 2.75) is 86.0 Å². The molecule has 1 aliphatic carbocycles. The summed E-state index contributed by atoms with van der Waals surface area (Å²) in [5, 5.41) is 6.17. The minimum atomic E-state index is -0.313. The summed E-state index contributed by atoms with van der Waals surface area (Å²) in [6.07, 6.45) is 10.7. The molecule has 34 heavy (non-hydrogen) atoms. The third-order valence-corrected chi connectivity index (χ3v) is 5.99. The van der Waals surface area contributed by atoms with Crippen molar-refractivity contribution in [3.05, 3.63) is 11.6 Å². The molecule has 7 heteroatoms. The number of hydrogen-bond acceptors (Lipinski definition) is 5. The topological polar surface area (TPSA) is 90.7 Å². The standard InChI is InChI=1S/C15H27NO.C10H23N3O.C2H7N.H2/c1-3-6-14-9-8-13(12-15(14)17)7-5-11-16-10-4-2;1-4-12(5-2)8-7-9-13(6-3)10(11)14;1-3-2;/h6,13,16H,3-5,7-12H2,1-2H3;4-9H2,1-3H3,(H2,11,14);3H,1-2H3;1H/b14-6+;;;/t13-;;;/m0.../s1. The van der Waals surface area contributed by atoms with E-state index in [0.29, 0.717) is 18.2 Å². The van der Waals surface area contributed by atoms with Crippen LogP contribution < -0.4 is 16.4 Å². The van der Waals surface area contributed by atoms with E-state index in [2.05, 4.69) is 49.3 Å². The van der Waals surface area contributed by atoms with Crippen LogP contribution in [0.3, 0.4) is 0 Å². The van der Waals surface area contributed by atoms with E-state index in [4.69, 9.17) is 5.73 Å². The predicted octanol–water partition coefficient (Wildman–Crippen LogP) is 4.67. The van der Waals surface area contributed by atoms with Gasteiger partial charge in [0.2, 0.25) is 0 Å². The van der Waals surface area contributed by atoms with Crippen molar-refractivity contribution in [2.75, 3.05) is 59.9 Å². The number of amides is 2. The highest BCUT2D eigenvalue weighted by atomic mass is 16.2. The number of carbonyl (C=O) groups is 2. The number of ketones is 1. The third kappa shape index (κ3) is 18.9. The summed E-state index contributed by atoms with van der Waals surface area (Å²) in [7, 11) is 3.75. The van der Waals surface area contributed by atoms with E-state index < -0.39 is 0 Å². The van der Waals surface area contributed by atoms with Gasteiger partial charge in [0.05, 0.1) is 0 Å². The van der Waals surface area contributed by atoms with Gasteiger partial charge in [0, 0.05) is 20.9 Å². The quantitative estimate of drug-likeness (QED) is 0.246. The first-order chi connectivity index (χ1) is 16.3. The molecule has 1 saturated carbocycles. The Morgan fingerprint density at radius 3 is 2.18 bits per heavy atom. The fraction of sp³-hybridized carbons (Fsp3) is 0.852. The lowest BCUT2D eigenvalue weighted by atomic mass is 9.82. The molecule has 1 fully saturated rings. The lowest BCUT2D eigenvalue weighted by Crippen LogP contribution is -2.37. The number of rotatable bonds is 14. The molecule has 0 heterocycles. The molecule has 0 aromatic carbocycles. The van der Waals surface area contributed by atoms with E-state index >= 15 is 0 Å². The van der Waals surface area contributed by atoms with Crippen molar-refractivity contribution in [3.63, 3.8) is 0 Å². The number of carbonyl (C=O) groups excluding carboxylic acids is 2. The number of Topliss-reactive ketones (excluding diaryl/α,β-unsaturated/α-hetero) is 1. The second-order valence-corrected chi connectivity index (χ2v) is 8.86. The van der Waals surface area contributed by atoms with Gasteiger partial charge in [-0.2, -0.15) is 0 Å². The Kier molecular flexibility index (Phi) is 25.2. The maximum atomic E-state index is 11.8. The number of nitrogens with zero attached hydrogens (tertiary/aromatic N) is 2. The summed E-state index contributed by atoms with van der Waals surface area (Å²) in [6, 6.07) is -0.313. The van der Waals surface area contributed by atoms with Crippen LogP contribution in [0.15, 0.2) is 11.6 Å². The van der Waals surface area contributed by atoms with Crippen molar-refractivity contribution in [1.29, 1.82) is 0 Å². The maximum absolute atomic E-state index is 11.8. The molecule has 1 atom stereocenters. The van der Waals surface area contributed by atoms with Crippen LogP contribution in [-0.4, -0.2) is 81.5 Å². The van der Waals surface area contributed by atoms with Crippen LogP contribution in [0.1, 0.15) is 87.4 Å². The molecule has 7 nitrogen and oxygen atoms in total. The normalized spacial score (nSPS) is 16.5. The number of nitrogens with two attached hydrogens (primary N) is 1. The van der Waals surface area contributed by atoms with Crippen LogP contribution in [0.25, 0.3) is 0 Å². The van der Waals surface area contributed by atoms with Gasteiger partial charge in [0.1, 0.15) is 0 Å². The van der Waals surface area contributed by atoms with E-state index in [0.717, 1.165) is 70.5 Å². The molecule has 0 aromatic heterocycles. The van der Waals surface area contributed by atoms with E-state index in [1.807, 2.05) is 21.0 Å². The van der Waals surface area contributed by atoms with Gasteiger partial charge in [0.15, 0.2) is 5.78 Å². The zero-order valence-corrected chi connectivity index (χ0v) is 23.5. The van der Waals surface area contributed by atoms with Crippen molar-refractivity contribution in [3.8, 4) is 0 Å². The Balaban J connectivity index is -0.000000520. The predicted molar refractivity (Wildman–Crippen MR) is 149 cm³/mol. The SMILES string of the molecule is CC/C=C1\CC[C@H](CCCNCCC)CC1=O.CCN(CC)CCCN(CC)C(N)=O.CNC.[HH]. The Morgan fingerprint density at radius 1 is 1.06 bits per heavy atom. The number of urea groups is 1. The Morgan fingerprint density at radius 2 is 1.71 bits per heavy atom. The van der Waals surface area contributed by atoms with Gasteiger partial charge in [-0.25, -0.2) is 4.79 Å². The number of allylic oxidation sites excluding steroid dienone is 2. The fourth-order valence-electron chi connectivity index (χ4n) is 3.97. The molecule has 1 rings (SSSR count). The fourth-order valence-corrected chi connectivity index (χ4v) is 3.97. The molecule has 2 amide bonds. The number of hydrogen-bond donors (Lipinski definition) is 3. The van der Waals surface area contributed by atoms with Crippen LogP contribution in [0.2, 0.25) is 0 Å². The molecule has 0 bridgehead atoms. The lowest BCUT2D eigenvalue weighted by Gasteiger charge is -2.22. The molecule has 0 spiro atoms. The van der Waals surface area contributed by atoms with Crippen LogP contribution in [0, 0.1) is 5.92 Å². The highest BCUT2D eigenvalue weighted by Gasteiger charge is 2.22. The molecule has 0 aromatic rings. The van der Waals surface area contributed by atoms with Gasteiger partial charge in [-0.3, -0.25) is 4.79 Å². The monoisotopic (exact) mass is 485 g/mol. The highest BCUT2D eigenvalue weighted by molar-refractivity contribution is 5.96. The third-order valence-electron chi connectivity index (χ3n) is 5.99. The highest BCUT2D eigenvalue weighted by Crippen LogP contribution is 2.28. The van der Waals surface area contributed by atoms with Gasteiger partial charge < -0.3 is 26.2 Å². The molecule has 0 unspecified atom stereocenters. The van der Waals surface area contributed by atoms with Crippen molar-refractivity contribution in [2.24, 2.45) is 11.7 Å². The Labute approximate surface area is 212 Å². The molecular weight excluding hydrogens is 426 g/mol. The summed E-state index contributed by atoms with van der Waals surface area (Å²) in [5.41, 5.74) is 6.29. The summed E-state index contributed by atoms with van der Waals surface area (Å²) in [4.78, 5) is 26.7. The Bertz CT molecular complexity index is 528. The van der Waals surface area contributed by atoms with Gasteiger partial charge in [0.25, 0.3) is 0 Å². The van der Waals surface area contributed by atoms with Crippen molar-refractivity contribution >= 4 is 11.8 Å². The molecule has 4 N–H and O–H groups in total. The summed E-state index contributed by atoms with van der Waals surface area (Å²) >= 11 is 0. The number of primary amides is 1. The van der Waals surface area contributed by atoms with Crippen LogP contribution in [-0.2, 0) is 4.79 Å². The zero-order chi connectivity index (χ0) is 26.2. The summed E-state index contributed by atoms with van der Waals surface area (Å²) in [5.74, 6) is 1.05. The Hall–Kier alpha value is -1.44. The van der Waals surface area contributed by atoms with E-state index in [-0.39, 0.29) is 7.46 Å². The molecular formula is C27H59N5O2. The maximum Gasteiger partial charge on any atom is 0.314 e. The lowest BCUT2D eigenvalue weighted by molar-refractivity contribution is -0.117. The van der Waals surface area contributed by atoms with E-state index in [1.54, 1.807) is 4.90 Å². The average molecular weight is 486 g/mol. The summed E-state index contributed by atoms with van der Waals surface area (Å²) < 4.78 is 0. The second-order valence-electron chi connectivity index (χ2n) is 8.86. The van der Waals surface area contributed by atoms with Gasteiger partial charge in [-0.05, 0) is 110 Å². The van der Waals surface area contributed by atoms with Gasteiger partial charge in [-0.15, -0.1) is 0 Å². The molecule has 0 radical (unpaired) electrons. The number of nitrogens with one attached hydrogen (secondary N) is 2. The molecule has 0 aliphatic heterocycles. The van der Waals surface area contributed by atoms with Crippen LogP contribution in [0.4, 0.5) is 4.79 Å². The van der Waals surface area contributed by atoms with Gasteiger partial charge in [-0.1, -0.05) is 33.8 Å². The minimum Gasteiger partial charge on any atom is -0.351 e. The zero-order valence-electron chi connectivity index (χ0n) is 23.5. The minimum absolute atomic E-state index is 0. The molecule has 0 saturated heterocycles. The van der Waals surface area contributed by atoms with Crippen molar-refractivity contribution in [1.82, 2.24) is 20.4 Å². The van der Waals surface area contributed by atoms with E-state index in [9.17, 15) is 9.59 Å². The van der Waals surface area contributed by atoms with Gasteiger partial charge >= 0.3 is 6.03 Å². The van der Waals surface area contributed by atoms with E-state index in [1.165, 1.54) is 25.7 Å². The first-order valence-corrected chi connectivity index (χ1v) is 13.6. The average Bonchev–Trinajstić information content (AvgIpc) is 2.81. The van der Waals surface area contributed by atoms with Crippen LogP contribution in [0.5, 0.6) is 0 Å². The first-order valence-electron chi connectivity index (χ1n) is 13.6. The largest absolute Gasteiger partial charge is 0.351 e. The molecule has 204 valence electrons. The molecule has 1 aliphatic rings.